The number of hydrogen-bond donors (Lipinski definition) is 0. The first-order chi connectivity index (χ1) is 14.3. The highest BCUT2D eigenvalue weighted by atomic mass is 16.5. The fraction of sp³-hybridized carbons (Fsp3) is 0.273. The molecular formula is C22H22N6O. The highest BCUT2D eigenvalue weighted by Gasteiger charge is 2.19. The second-order valence-electron chi connectivity index (χ2n) is 7.25. The van der Waals surface area contributed by atoms with Crippen LogP contribution in [0.1, 0.15) is 23.0 Å². The molecule has 0 N–H and O–H groups in total. The molecule has 0 aliphatic carbocycles. The van der Waals surface area contributed by atoms with Gasteiger partial charge in [0.2, 0.25) is 0 Å². The van der Waals surface area contributed by atoms with Crippen LogP contribution in [0.2, 0.25) is 0 Å². The van der Waals surface area contributed by atoms with Gasteiger partial charge in [-0.25, -0.2) is 9.67 Å². The van der Waals surface area contributed by atoms with E-state index in [4.69, 9.17) is 14.6 Å². The lowest BCUT2D eigenvalue weighted by atomic mass is 10.1. The summed E-state index contributed by atoms with van der Waals surface area (Å²) in [5.41, 5.74) is 2.84. The van der Waals surface area contributed by atoms with Crippen molar-refractivity contribution < 1.29 is 4.52 Å². The van der Waals surface area contributed by atoms with Gasteiger partial charge in [-0.3, -0.25) is 9.88 Å². The van der Waals surface area contributed by atoms with E-state index >= 15 is 0 Å². The average Bonchev–Trinajstić information content (AvgIpc) is 3.34. The Hall–Kier alpha value is -3.32. The van der Waals surface area contributed by atoms with Gasteiger partial charge in [-0.15, -0.1) is 0 Å². The lowest BCUT2D eigenvalue weighted by Gasteiger charge is -2.17. The molecule has 3 aromatic heterocycles. The number of hydrogen-bond acceptors (Lipinski definition) is 6. The van der Waals surface area contributed by atoms with Crippen molar-refractivity contribution in [2.45, 2.75) is 25.9 Å². The van der Waals surface area contributed by atoms with Gasteiger partial charge in [0.25, 0.3) is 0 Å². The molecule has 0 fully saturated rings. The van der Waals surface area contributed by atoms with Crippen molar-refractivity contribution in [3.63, 3.8) is 0 Å². The van der Waals surface area contributed by atoms with E-state index in [0.29, 0.717) is 0 Å². The van der Waals surface area contributed by atoms with Crippen molar-refractivity contribution in [1.82, 2.24) is 29.8 Å². The van der Waals surface area contributed by atoms with E-state index in [2.05, 4.69) is 44.0 Å². The minimum atomic E-state index is 0.724. The third-order valence-corrected chi connectivity index (χ3v) is 5.14. The molecule has 1 aliphatic heterocycles. The van der Waals surface area contributed by atoms with E-state index < -0.39 is 0 Å². The summed E-state index contributed by atoms with van der Waals surface area (Å²) in [6, 6.07) is 18.1. The van der Waals surface area contributed by atoms with E-state index in [1.54, 1.807) is 6.20 Å². The summed E-state index contributed by atoms with van der Waals surface area (Å²) in [4.78, 5) is 11.5. The van der Waals surface area contributed by atoms with Crippen LogP contribution in [0, 0.1) is 0 Å². The zero-order valence-corrected chi connectivity index (χ0v) is 16.1. The van der Waals surface area contributed by atoms with Gasteiger partial charge >= 0.3 is 0 Å². The Morgan fingerprint density at radius 1 is 0.931 bits per heavy atom. The van der Waals surface area contributed by atoms with Crippen LogP contribution in [0.15, 0.2) is 65.3 Å². The minimum absolute atomic E-state index is 0.724. The summed E-state index contributed by atoms with van der Waals surface area (Å²) < 4.78 is 7.59. The lowest BCUT2D eigenvalue weighted by Crippen LogP contribution is -2.26. The summed E-state index contributed by atoms with van der Waals surface area (Å²) in [5, 5.41) is 8.89. The average molecular weight is 386 g/mol. The minimum Gasteiger partial charge on any atom is -0.359 e. The maximum atomic E-state index is 5.54. The first-order valence-electron chi connectivity index (χ1n) is 9.89. The van der Waals surface area contributed by atoms with Gasteiger partial charge in [0.05, 0.1) is 18.8 Å². The van der Waals surface area contributed by atoms with Gasteiger partial charge in [0.15, 0.2) is 11.6 Å². The number of nitrogens with zero attached hydrogens (tertiary/aromatic N) is 6. The fourth-order valence-electron chi connectivity index (χ4n) is 3.65. The van der Waals surface area contributed by atoms with Crippen LogP contribution < -0.4 is 0 Å². The molecule has 5 rings (SSSR count). The van der Waals surface area contributed by atoms with Crippen molar-refractivity contribution in [3.8, 4) is 11.4 Å². The molecule has 0 bridgehead atoms. The summed E-state index contributed by atoms with van der Waals surface area (Å²) in [7, 11) is 0. The maximum Gasteiger partial charge on any atom is 0.155 e. The smallest absolute Gasteiger partial charge is 0.155 e. The fourth-order valence-corrected chi connectivity index (χ4v) is 3.65. The van der Waals surface area contributed by atoms with Crippen molar-refractivity contribution >= 4 is 0 Å². The van der Waals surface area contributed by atoms with Crippen LogP contribution in [-0.2, 0) is 25.9 Å². The van der Waals surface area contributed by atoms with E-state index in [-0.39, 0.29) is 0 Å². The Morgan fingerprint density at radius 2 is 1.83 bits per heavy atom. The zero-order valence-electron chi connectivity index (χ0n) is 16.1. The van der Waals surface area contributed by atoms with Crippen molar-refractivity contribution in [3.05, 3.63) is 83.8 Å². The molecular weight excluding hydrogens is 364 g/mol. The third kappa shape index (κ3) is 4.09. The zero-order chi connectivity index (χ0) is 19.5. The molecule has 29 heavy (non-hydrogen) atoms. The Labute approximate surface area is 169 Å². The molecule has 4 aromatic rings. The second kappa shape index (κ2) is 7.97. The molecule has 146 valence electrons. The summed E-state index contributed by atoms with van der Waals surface area (Å²) in [6.07, 6.45) is 3.42. The molecule has 0 atom stereocenters. The van der Waals surface area contributed by atoms with Gasteiger partial charge < -0.3 is 4.52 Å². The van der Waals surface area contributed by atoms with Crippen LogP contribution in [0.3, 0.4) is 0 Å². The SMILES string of the molecule is c1ccc(Cc2nc3n(n2)CCN(Cc2cc(-c4ccccn4)no2)CC3)cc1. The monoisotopic (exact) mass is 386 g/mol. The van der Waals surface area contributed by atoms with Crippen LogP contribution in [0.5, 0.6) is 0 Å². The summed E-state index contributed by atoms with van der Waals surface area (Å²) >= 11 is 0. The van der Waals surface area contributed by atoms with E-state index in [1.807, 2.05) is 30.3 Å². The van der Waals surface area contributed by atoms with Gasteiger partial charge in [0.1, 0.15) is 11.5 Å². The Kier molecular flexibility index (Phi) is 4.88. The molecule has 0 amide bonds. The standard InChI is InChI=1S/C22H22N6O/c1-2-6-17(7-3-1)14-21-24-22-9-11-27(12-13-28(22)25-21)16-18-15-20(26-29-18)19-8-4-5-10-23-19/h1-8,10,15H,9,11-14,16H2. The second-order valence-corrected chi connectivity index (χ2v) is 7.25. The van der Waals surface area contributed by atoms with Crippen molar-refractivity contribution in [1.29, 1.82) is 0 Å². The van der Waals surface area contributed by atoms with Gasteiger partial charge in [-0.2, -0.15) is 5.10 Å². The van der Waals surface area contributed by atoms with Crippen molar-refractivity contribution in [2.24, 2.45) is 0 Å². The van der Waals surface area contributed by atoms with E-state index in [9.17, 15) is 0 Å². The van der Waals surface area contributed by atoms with Crippen LogP contribution in [-0.4, -0.2) is 42.9 Å². The maximum absolute atomic E-state index is 5.54. The van der Waals surface area contributed by atoms with Gasteiger partial charge in [0, 0.05) is 38.2 Å². The van der Waals surface area contributed by atoms with Crippen LogP contribution >= 0.6 is 0 Å². The predicted octanol–water partition coefficient (Wildman–Crippen LogP) is 2.98. The molecule has 7 heteroatoms. The predicted molar refractivity (Wildman–Crippen MR) is 108 cm³/mol. The highest BCUT2D eigenvalue weighted by molar-refractivity contribution is 5.52. The number of rotatable bonds is 5. The molecule has 0 radical (unpaired) electrons. The first-order valence-corrected chi connectivity index (χ1v) is 9.89. The van der Waals surface area contributed by atoms with Crippen LogP contribution in [0.25, 0.3) is 11.4 Å². The van der Waals surface area contributed by atoms with E-state index in [1.165, 1.54) is 5.56 Å². The normalized spacial score (nSPS) is 14.5. The van der Waals surface area contributed by atoms with Crippen molar-refractivity contribution in [2.75, 3.05) is 13.1 Å². The Bertz CT molecular complexity index is 1050. The molecule has 0 spiro atoms. The number of aromatic nitrogens is 5. The highest BCUT2D eigenvalue weighted by Crippen LogP contribution is 2.18. The number of pyridine rings is 1. The largest absolute Gasteiger partial charge is 0.359 e. The van der Waals surface area contributed by atoms with Gasteiger partial charge in [-0.1, -0.05) is 41.6 Å². The summed E-state index contributed by atoms with van der Waals surface area (Å²) in [5.74, 6) is 2.81. The molecule has 1 aliphatic rings. The lowest BCUT2D eigenvalue weighted by molar-refractivity contribution is 0.233. The molecule has 0 unspecified atom stereocenters. The Balaban J connectivity index is 1.21. The third-order valence-electron chi connectivity index (χ3n) is 5.14. The Morgan fingerprint density at radius 3 is 2.69 bits per heavy atom. The molecule has 0 saturated heterocycles. The molecule has 4 heterocycles. The summed E-state index contributed by atoms with van der Waals surface area (Å²) in [6.45, 7) is 3.38. The number of fused-ring (bicyclic) bond motifs is 1. The topological polar surface area (TPSA) is 72.9 Å². The molecule has 1 aromatic carbocycles. The quantitative estimate of drug-likeness (QED) is 0.525. The van der Waals surface area contributed by atoms with E-state index in [0.717, 1.165) is 67.8 Å². The molecule has 7 nitrogen and oxygen atoms in total. The van der Waals surface area contributed by atoms with Crippen LogP contribution in [0.4, 0.5) is 0 Å². The number of benzene rings is 1. The first kappa shape index (κ1) is 17.8. The molecule has 0 saturated carbocycles. The van der Waals surface area contributed by atoms with Gasteiger partial charge in [-0.05, 0) is 17.7 Å².